The molecule has 0 spiro atoms. The van der Waals surface area contributed by atoms with Gasteiger partial charge in [-0.1, -0.05) is 6.92 Å². The van der Waals surface area contributed by atoms with E-state index in [4.69, 9.17) is 0 Å². The number of amides is 2. The van der Waals surface area contributed by atoms with Crippen LogP contribution >= 0.6 is 11.8 Å². The molecule has 1 aliphatic rings. The molecule has 21 heavy (non-hydrogen) atoms. The molecule has 2 rings (SSSR count). The van der Waals surface area contributed by atoms with Gasteiger partial charge >= 0.3 is 6.03 Å². The first-order valence-corrected chi connectivity index (χ1v) is 8.98. The molecule has 2 heterocycles. The Morgan fingerprint density at radius 2 is 2.52 bits per heavy atom. The van der Waals surface area contributed by atoms with Crippen molar-refractivity contribution < 1.29 is 4.79 Å². The highest BCUT2D eigenvalue weighted by molar-refractivity contribution is 7.99. The van der Waals surface area contributed by atoms with E-state index in [1.165, 1.54) is 0 Å². The lowest BCUT2D eigenvalue weighted by atomic mass is 9.97. The van der Waals surface area contributed by atoms with Crippen LogP contribution in [-0.4, -0.2) is 51.5 Å². The maximum Gasteiger partial charge on any atom is 0.317 e. The normalized spacial score (nSPS) is 20.3. The molecule has 2 N–H and O–H groups in total. The predicted molar refractivity (Wildman–Crippen MR) is 87.7 cm³/mol. The van der Waals surface area contributed by atoms with Crippen LogP contribution in [-0.2, 0) is 0 Å². The molecule has 1 saturated heterocycles. The van der Waals surface area contributed by atoms with Gasteiger partial charge in [-0.05, 0) is 37.7 Å². The van der Waals surface area contributed by atoms with Gasteiger partial charge in [-0.25, -0.2) is 9.78 Å². The first-order chi connectivity index (χ1) is 10.2. The van der Waals surface area contributed by atoms with Gasteiger partial charge in [0.2, 0.25) is 0 Å². The van der Waals surface area contributed by atoms with Crippen LogP contribution in [0, 0.1) is 0 Å². The molecular weight excluding hydrogens is 284 g/mol. The number of urea groups is 1. The molecule has 0 bridgehead atoms. The Morgan fingerprint density at radius 1 is 1.67 bits per heavy atom. The minimum atomic E-state index is 0.0697. The fourth-order valence-electron chi connectivity index (χ4n) is 2.66. The van der Waals surface area contributed by atoms with Crippen LogP contribution in [0.3, 0.4) is 0 Å². The molecule has 2 amide bonds. The van der Waals surface area contributed by atoms with Gasteiger partial charge in [0, 0.05) is 37.4 Å². The van der Waals surface area contributed by atoms with Gasteiger partial charge in [-0.15, -0.1) is 0 Å². The second-order valence-electron chi connectivity index (χ2n) is 5.60. The van der Waals surface area contributed by atoms with E-state index >= 15 is 0 Å². The number of nitrogens with zero attached hydrogens (tertiary/aromatic N) is 2. The SMILES string of the molecule is CCSCC[C@H](C)NC(=O)N1CCC[C@H](c2ncc[nH]2)C1. The van der Waals surface area contributed by atoms with Crippen molar-refractivity contribution in [1.29, 1.82) is 0 Å². The number of hydrogen-bond donors (Lipinski definition) is 2. The van der Waals surface area contributed by atoms with Crippen LogP contribution < -0.4 is 5.32 Å². The molecule has 0 unspecified atom stereocenters. The number of nitrogens with one attached hydrogen (secondary N) is 2. The van der Waals surface area contributed by atoms with Crippen LogP contribution in [0.2, 0.25) is 0 Å². The Morgan fingerprint density at radius 3 is 3.24 bits per heavy atom. The molecule has 0 radical (unpaired) electrons. The van der Waals surface area contributed by atoms with Crippen molar-refractivity contribution in [1.82, 2.24) is 20.2 Å². The summed E-state index contributed by atoms with van der Waals surface area (Å²) in [5, 5.41) is 3.12. The number of rotatable bonds is 6. The number of thioether (sulfide) groups is 1. The molecular formula is C15H26N4OS. The van der Waals surface area contributed by atoms with E-state index in [0.717, 1.165) is 49.7 Å². The monoisotopic (exact) mass is 310 g/mol. The first-order valence-electron chi connectivity index (χ1n) is 7.83. The maximum atomic E-state index is 12.3. The van der Waals surface area contributed by atoms with Crippen LogP contribution in [0.1, 0.15) is 44.9 Å². The average Bonchev–Trinajstić information content (AvgIpc) is 3.02. The molecule has 1 fully saturated rings. The minimum absolute atomic E-state index is 0.0697. The van der Waals surface area contributed by atoms with Crippen molar-refractivity contribution in [2.45, 2.75) is 45.1 Å². The highest BCUT2D eigenvalue weighted by atomic mass is 32.2. The molecule has 0 saturated carbocycles. The lowest BCUT2D eigenvalue weighted by Gasteiger charge is -2.32. The lowest BCUT2D eigenvalue weighted by molar-refractivity contribution is 0.175. The molecule has 5 nitrogen and oxygen atoms in total. The van der Waals surface area contributed by atoms with Gasteiger partial charge in [-0.3, -0.25) is 0 Å². The number of H-pyrrole nitrogens is 1. The fourth-order valence-corrected chi connectivity index (χ4v) is 3.47. The van der Waals surface area contributed by atoms with Crippen molar-refractivity contribution in [3.05, 3.63) is 18.2 Å². The Kier molecular flexibility index (Phi) is 6.42. The molecule has 0 aliphatic carbocycles. The summed E-state index contributed by atoms with van der Waals surface area (Å²) in [5.41, 5.74) is 0. The van der Waals surface area contributed by atoms with E-state index in [9.17, 15) is 4.79 Å². The van der Waals surface area contributed by atoms with E-state index in [0.29, 0.717) is 5.92 Å². The fraction of sp³-hybridized carbons (Fsp3) is 0.733. The summed E-state index contributed by atoms with van der Waals surface area (Å²) in [6, 6.07) is 0.306. The van der Waals surface area contributed by atoms with Gasteiger partial charge in [0.25, 0.3) is 0 Å². The molecule has 1 aliphatic heterocycles. The standard InChI is InChI=1S/C15H26N4OS/c1-3-21-10-6-12(2)18-15(20)19-9-4-5-13(11-19)14-16-7-8-17-14/h7-8,12-13H,3-6,9-11H2,1-2H3,(H,16,17)(H,18,20)/t12-,13-/m0/s1. The van der Waals surface area contributed by atoms with E-state index in [-0.39, 0.29) is 12.1 Å². The van der Waals surface area contributed by atoms with Gasteiger partial charge in [0.15, 0.2) is 0 Å². The van der Waals surface area contributed by atoms with Crippen molar-refractivity contribution in [2.75, 3.05) is 24.6 Å². The third-order valence-corrected chi connectivity index (χ3v) is 4.82. The number of aromatic nitrogens is 2. The third-order valence-electron chi connectivity index (χ3n) is 3.88. The Balaban J connectivity index is 1.79. The quantitative estimate of drug-likeness (QED) is 0.794. The molecule has 2 atom stereocenters. The van der Waals surface area contributed by atoms with Crippen LogP contribution in [0.15, 0.2) is 12.4 Å². The zero-order valence-corrected chi connectivity index (χ0v) is 13.8. The minimum Gasteiger partial charge on any atom is -0.348 e. The van der Waals surface area contributed by atoms with Gasteiger partial charge in [-0.2, -0.15) is 11.8 Å². The molecule has 1 aromatic rings. The zero-order chi connectivity index (χ0) is 15.1. The second kappa shape index (κ2) is 8.32. The summed E-state index contributed by atoms with van der Waals surface area (Å²) in [6.45, 7) is 5.85. The highest BCUT2D eigenvalue weighted by Crippen LogP contribution is 2.24. The Hall–Kier alpha value is -1.17. The predicted octanol–water partition coefficient (Wildman–Crippen LogP) is 2.83. The smallest absolute Gasteiger partial charge is 0.317 e. The Bertz CT molecular complexity index is 423. The van der Waals surface area contributed by atoms with Gasteiger partial charge in [0.1, 0.15) is 5.82 Å². The lowest BCUT2D eigenvalue weighted by Crippen LogP contribution is -2.47. The van der Waals surface area contributed by atoms with Crippen LogP contribution in [0.25, 0.3) is 0 Å². The second-order valence-corrected chi connectivity index (χ2v) is 6.99. The number of imidazole rings is 1. The van der Waals surface area contributed by atoms with Crippen molar-refractivity contribution in [2.24, 2.45) is 0 Å². The van der Waals surface area contributed by atoms with E-state index in [1.54, 1.807) is 6.20 Å². The van der Waals surface area contributed by atoms with Crippen LogP contribution in [0.5, 0.6) is 0 Å². The number of piperidine rings is 1. The summed E-state index contributed by atoms with van der Waals surface area (Å²) in [7, 11) is 0. The summed E-state index contributed by atoms with van der Waals surface area (Å²) in [5.74, 6) is 3.58. The van der Waals surface area contributed by atoms with Gasteiger partial charge < -0.3 is 15.2 Å². The van der Waals surface area contributed by atoms with Gasteiger partial charge in [0.05, 0.1) is 0 Å². The van der Waals surface area contributed by atoms with E-state index in [2.05, 4.69) is 29.1 Å². The average molecular weight is 310 g/mol. The number of carbonyl (C=O) groups is 1. The van der Waals surface area contributed by atoms with Crippen molar-refractivity contribution in [3.63, 3.8) is 0 Å². The summed E-state index contributed by atoms with van der Waals surface area (Å²) < 4.78 is 0. The van der Waals surface area contributed by atoms with Crippen molar-refractivity contribution >= 4 is 17.8 Å². The highest BCUT2D eigenvalue weighted by Gasteiger charge is 2.26. The van der Waals surface area contributed by atoms with E-state index in [1.807, 2.05) is 22.9 Å². The molecule has 6 heteroatoms. The number of aromatic amines is 1. The topological polar surface area (TPSA) is 61.0 Å². The Labute approximate surface area is 131 Å². The largest absolute Gasteiger partial charge is 0.348 e. The molecule has 118 valence electrons. The summed E-state index contributed by atoms with van der Waals surface area (Å²) in [6.07, 6.45) is 6.79. The zero-order valence-electron chi connectivity index (χ0n) is 13.0. The molecule has 1 aromatic heterocycles. The summed E-state index contributed by atoms with van der Waals surface area (Å²) >= 11 is 1.92. The van der Waals surface area contributed by atoms with E-state index < -0.39 is 0 Å². The molecule has 0 aromatic carbocycles. The first kappa shape index (κ1) is 16.2. The maximum absolute atomic E-state index is 12.3. The summed E-state index contributed by atoms with van der Waals surface area (Å²) in [4.78, 5) is 21.8. The number of carbonyl (C=O) groups excluding carboxylic acids is 1. The number of likely N-dealkylation sites (tertiary alicyclic amines) is 1. The number of hydrogen-bond acceptors (Lipinski definition) is 3. The third kappa shape index (κ3) is 4.95. The van der Waals surface area contributed by atoms with Crippen LogP contribution in [0.4, 0.5) is 4.79 Å². The van der Waals surface area contributed by atoms with Crippen molar-refractivity contribution in [3.8, 4) is 0 Å².